The van der Waals surface area contributed by atoms with Gasteiger partial charge in [-0.1, -0.05) is 6.58 Å². The van der Waals surface area contributed by atoms with Crippen LogP contribution in [0.15, 0.2) is 12.7 Å². The quantitative estimate of drug-likeness (QED) is 0.330. The summed E-state index contributed by atoms with van der Waals surface area (Å²) in [5, 5.41) is 0. The molecule has 0 radical (unpaired) electrons. The summed E-state index contributed by atoms with van der Waals surface area (Å²) in [5.74, 6) is -10.4. The van der Waals surface area contributed by atoms with E-state index in [1.807, 2.05) is 0 Å². The Labute approximate surface area is 81.0 Å². The number of pyridine rings is 1. The summed E-state index contributed by atoms with van der Waals surface area (Å²) in [6.07, 6.45) is 0.625. The Kier molecular flexibility index (Phi) is 3.03. The zero-order valence-corrected chi connectivity index (χ0v) is 7.06. The summed E-state index contributed by atoms with van der Waals surface area (Å²) in [6, 6.07) is 0. The molecule has 7 heteroatoms. The fourth-order valence-electron chi connectivity index (χ4n) is 0.673. The van der Waals surface area contributed by atoms with Gasteiger partial charge in [-0.25, -0.2) is 9.18 Å². The van der Waals surface area contributed by atoms with Crippen molar-refractivity contribution >= 4 is 5.97 Å². The summed E-state index contributed by atoms with van der Waals surface area (Å²) in [4.78, 5) is 13.1. The number of hydrogen-bond acceptors (Lipinski definition) is 3. The third kappa shape index (κ3) is 2.12. The third-order valence-corrected chi connectivity index (χ3v) is 1.32. The predicted octanol–water partition coefficient (Wildman–Crippen LogP) is 1.73. The van der Waals surface area contributed by atoms with Crippen LogP contribution in [0.3, 0.4) is 0 Å². The van der Waals surface area contributed by atoms with Crippen molar-refractivity contribution in [2.75, 3.05) is 0 Å². The van der Waals surface area contributed by atoms with Crippen molar-refractivity contribution in [1.82, 2.24) is 4.98 Å². The second-order valence-corrected chi connectivity index (χ2v) is 2.27. The molecular formula is C8H3F4NO2. The zero-order valence-electron chi connectivity index (χ0n) is 7.06. The molecular weight excluding hydrogens is 218 g/mol. The van der Waals surface area contributed by atoms with Crippen molar-refractivity contribution < 1.29 is 27.1 Å². The highest BCUT2D eigenvalue weighted by molar-refractivity contribution is 5.83. The molecule has 0 fully saturated rings. The van der Waals surface area contributed by atoms with Crippen molar-refractivity contribution in [2.45, 2.75) is 0 Å². The standard InChI is InChI=1S/C8H3F4NO2/c1-2-3(14)15-8-6(11)4(9)5(10)7(12)13-8/h2H,1H2. The molecule has 1 aromatic rings. The van der Waals surface area contributed by atoms with E-state index in [-0.39, 0.29) is 0 Å². The first kappa shape index (κ1) is 11.2. The van der Waals surface area contributed by atoms with E-state index in [2.05, 4.69) is 16.3 Å². The Bertz CT molecular complexity index is 433. The normalized spacial score (nSPS) is 9.87. The first-order valence-corrected chi connectivity index (χ1v) is 3.51. The van der Waals surface area contributed by atoms with Gasteiger partial charge in [0, 0.05) is 6.08 Å². The topological polar surface area (TPSA) is 39.2 Å². The Balaban J connectivity index is 3.20. The van der Waals surface area contributed by atoms with Gasteiger partial charge >= 0.3 is 5.97 Å². The van der Waals surface area contributed by atoms with Crippen molar-refractivity contribution in [3.05, 3.63) is 36.1 Å². The summed E-state index contributed by atoms with van der Waals surface area (Å²) >= 11 is 0. The number of ether oxygens (including phenoxy) is 1. The van der Waals surface area contributed by atoms with Gasteiger partial charge in [0.15, 0.2) is 0 Å². The molecule has 0 aliphatic carbocycles. The Hall–Kier alpha value is -1.92. The van der Waals surface area contributed by atoms with Crippen molar-refractivity contribution in [3.8, 4) is 5.88 Å². The molecule has 1 rings (SSSR count). The number of hydrogen-bond donors (Lipinski definition) is 0. The van der Waals surface area contributed by atoms with E-state index in [1.54, 1.807) is 0 Å². The maximum absolute atomic E-state index is 12.8. The van der Waals surface area contributed by atoms with Crippen LogP contribution in [-0.4, -0.2) is 11.0 Å². The van der Waals surface area contributed by atoms with Gasteiger partial charge in [0.1, 0.15) is 0 Å². The summed E-state index contributed by atoms with van der Waals surface area (Å²) in [6.45, 7) is 2.96. The minimum atomic E-state index is -2.10. The average molecular weight is 221 g/mol. The van der Waals surface area contributed by atoms with E-state index < -0.39 is 35.2 Å². The molecule has 0 spiro atoms. The van der Waals surface area contributed by atoms with Crippen LogP contribution in [0.4, 0.5) is 17.6 Å². The lowest BCUT2D eigenvalue weighted by Crippen LogP contribution is -2.10. The van der Waals surface area contributed by atoms with E-state index in [4.69, 9.17) is 0 Å². The molecule has 0 bridgehead atoms. The summed E-state index contributed by atoms with van der Waals surface area (Å²) in [5.41, 5.74) is 0. The van der Waals surface area contributed by atoms with Crippen LogP contribution in [0.1, 0.15) is 0 Å². The highest BCUT2D eigenvalue weighted by Crippen LogP contribution is 2.21. The van der Waals surface area contributed by atoms with Gasteiger partial charge in [-0.15, -0.1) is 0 Å². The van der Waals surface area contributed by atoms with Gasteiger partial charge in [-0.05, 0) is 0 Å². The van der Waals surface area contributed by atoms with Gasteiger partial charge in [0.25, 0.3) is 11.8 Å². The fourth-order valence-corrected chi connectivity index (χ4v) is 0.673. The van der Waals surface area contributed by atoms with Crippen LogP contribution >= 0.6 is 0 Å². The monoisotopic (exact) mass is 221 g/mol. The average Bonchev–Trinajstić information content (AvgIpc) is 2.22. The van der Waals surface area contributed by atoms with Gasteiger partial charge < -0.3 is 4.74 Å². The lowest BCUT2D eigenvalue weighted by Gasteiger charge is -2.03. The predicted molar refractivity (Wildman–Crippen MR) is 39.9 cm³/mol. The van der Waals surface area contributed by atoms with Crippen LogP contribution in [0.2, 0.25) is 0 Å². The maximum Gasteiger partial charge on any atom is 0.336 e. The molecule has 0 aromatic carbocycles. The van der Waals surface area contributed by atoms with E-state index in [9.17, 15) is 22.4 Å². The van der Waals surface area contributed by atoms with Crippen LogP contribution < -0.4 is 4.74 Å². The zero-order chi connectivity index (χ0) is 11.6. The lowest BCUT2D eigenvalue weighted by atomic mass is 10.4. The highest BCUT2D eigenvalue weighted by atomic mass is 19.2. The van der Waals surface area contributed by atoms with E-state index >= 15 is 0 Å². The van der Waals surface area contributed by atoms with Gasteiger partial charge in [-0.3, -0.25) is 0 Å². The Morgan fingerprint density at radius 2 is 1.80 bits per heavy atom. The molecule has 80 valence electrons. The Morgan fingerprint density at radius 3 is 2.33 bits per heavy atom. The van der Waals surface area contributed by atoms with Gasteiger partial charge in [0.05, 0.1) is 0 Å². The summed E-state index contributed by atoms with van der Waals surface area (Å²) < 4.78 is 54.2. The summed E-state index contributed by atoms with van der Waals surface area (Å²) in [7, 11) is 0. The molecule has 0 saturated carbocycles. The first-order valence-electron chi connectivity index (χ1n) is 3.51. The molecule has 0 saturated heterocycles. The minimum Gasteiger partial charge on any atom is -0.401 e. The molecule has 0 unspecified atom stereocenters. The van der Waals surface area contributed by atoms with Crippen LogP contribution in [0.25, 0.3) is 0 Å². The molecule has 0 N–H and O–H groups in total. The van der Waals surface area contributed by atoms with Gasteiger partial charge in [-0.2, -0.15) is 18.2 Å². The molecule has 1 heterocycles. The maximum atomic E-state index is 12.8. The van der Waals surface area contributed by atoms with E-state index in [0.717, 1.165) is 0 Å². The first-order chi connectivity index (χ1) is 6.97. The van der Waals surface area contributed by atoms with Crippen molar-refractivity contribution in [2.24, 2.45) is 0 Å². The number of rotatable bonds is 2. The largest absolute Gasteiger partial charge is 0.401 e. The van der Waals surface area contributed by atoms with Crippen LogP contribution in [0.5, 0.6) is 5.88 Å². The molecule has 0 aliphatic heterocycles. The van der Waals surface area contributed by atoms with Gasteiger partial charge in [0.2, 0.25) is 17.5 Å². The van der Waals surface area contributed by atoms with Crippen LogP contribution in [-0.2, 0) is 4.79 Å². The third-order valence-electron chi connectivity index (χ3n) is 1.32. The number of halogens is 4. The Morgan fingerprint density at radius 1 is 1.20 bits per heavy atom. The number of carbonyl (C=O) groups excluding carboxylic acids is 1. The molecule has 15 heavy (non-hydrogen) atoms. The van der Waals surface area contributed by atoms with Crippen molar-refractivity contribution in [1.29, 1.82) is 0 Å². The SMILES string of the molecule is C=CC(=O)Oc1nc(F)c(F)c(F)c1F. The smallest absolute Gasteiger partial charge is 0.336 e. The molecule has 3 nitrogen and oxygen atoms in total. The highest BCUT2D eigenvalue weighted by Gasteiger charge is 2.22. The van der Waals surface area contributed by atoms with Crippen molar-refractivity contribution in [3.63, 3.8) is 0 Å². The second kappa shape index (κ2) is 4.07. The number of esters is 1. The molecule has 0 aliphatic rings. The number of aromatic nitrogens is 1. The number of carbonyl (C=O) groups is 1. The molecule has 0 amide bonds. The second-order valence-electron chi connectivity index (χ2n) is 2.27. The number of nitrogens with zero attached hydrogens (tertiary/aromatic N) is 1. The fraction of sp³-hybridized carbons (Fsp3) is 0. The lowest BCUT2D eigenvalue weighted by molar-refractivity contribution is -0.129. The minimum absolute atomic E-state index is 0.625. The van der Waals surface area contributed by atoms with Crippen LogP contribution in [0, 0.1) is 23.4 Å². The van der Waals surface area contributed by atoms with E-state index in [0.29, 0.717) is 6.08 Å². The molecule has 1 aromatic heterocycles. The van der Waals surface area contributed by atoms with E-state index in [1.165, 1.54) is 0 Å². The molecule has 0 atom stereocenters.